The van der Waals surface area contributed by atoms with Gasteiger partial charge in [-0.05, 0) is 22.9 Å². The van der Waals surface area contributed by atoms with Gasteiger partial charge in [0.2, 0.25) is 0 Å². The first-order valence-electron chi connectivity index (χ1n) is 3.81. The first-order valence-corrected chi connectivity index (χ1v) is 4.60. The summed E-state index contributed by atoms with van der Waals surface area (Å²) in [6.07, 6.45) is 3.46. The van der Waals surface area contributed by atoms with Crippen LogP contribution in [0, 0.1) is 0 Å². The molecule has 2 aromatic heterocycles. The van der Waals surface area contributed by atoms with Crippen LogP contribution >= 0.6 is 15.9 Å². The van der Waals surface area contributed by atoms with Gasteiger partial charge < -0.3 is 5.73 Å². The number of aromatic nitrogens is 4. The van der Waals surface area contributed by atoms with Crippen molar-refractivity contribution in [3.05, 3.63) is 22.8 Å². The third-order valence-corrected chi connectivity index (χ3v) is 2.28. The van der Waals surface area contributed by atoms with Crippen LogP contribution in [0.3, 0.4) is 0 Å². The number of halogens is 1. The lowest BCUT2D eigenvalue weighted by molar-refractivity contribution is 0.725. The average Bonchev–Trinajstić information content (AvgIpc) is 2.48. The van der Waals surface area contributed by atoms with Crippen LogP contribution in [0.25, 0.3) is 5.65 Å². The van der Waals surface area contributed by atoms with Crippen molar-refractivity contribution in [3.8, 4) is 0 Å². The zero-order chi connectivity index (χ0) is 9.42. The highest BCUT2D eigenvalue weighted by Gasteiger charge is 2.10. The van der Waals surface area contributed by atoms with Crippen LogP contribution in [-0.2, 0) is 0 Å². The van der Waals surface area contributed by atoms with Crippen LogP contribution in [-0.4, -0.2) is 19.6 Å². The summed E-state index contributed by atoms with van der Waals surface area (Å²) in [6, 6.07) is -0.135. The number of nitrogens with two attached hydrogens (primary N) is 1. The summed E-state index contributed by atoms with van der Waals surface area (Å²) in [5.74, 6) is 0.734. The van der Waals surface area contributed by atoms with E-state index in [0.29, 0.717) is 10.3 Å². The molecule has 13 heavy (non-hydrogen) atoms. The predicted octanol–water partition coefficient (Wildman–Crippen LogP) is 0.907. The zero-order valence-electron chi connectivity index (χ0n) is 6.98. The van der Waals surface area contributed by atoms with Crippen LogP contribution in [0.5, 0.6) is 0 Å². The minimum atomic E-state index is -0.135. The van der Waals surface area contributed by atoms with Crippen LogP contribution in [0.4, 0.5) is 0 Å². The third kappa shape index (κ3) is 1.31. The molecule has 0 saturated heterocycles. The Balaban J connectivity index is 2.75. The Morgan fingerprint density at radius 3 is 3.00 bits per heavy atom. The Labute approximate surface area is 83.1 Å². The number of nitrogens with zero attached hydrogens (tertiary/aromatic N) is 4. The summed E-state index contributed by atoms with van der Waals surface area (Å²) >= 11 is 3.28. The van der Waals surface area contributed by atoms with E-state index in [9.17, 15) is 0 Å². The maximum atomic E-state index is 5.72. The molecule has 68 valence electrons. The van der Waals surface area contributed by atoms with Gasteiger partial charge in [0, 0.05) is 12.4 Å². The molecule has 0 fully saturated rings. The van der Waals surface area contributed by atoms with E-state index in [2.05, 4.69) is 31.1 Å². The van der Waals surface area contributed by atoms with E-state index >= 15 is 0 Å². The van der Waals surface area contributed by atoms with Gasteiger partial charge in [-0.25, -0.2) is 4.98 Å². The van der Waals surface area contributed by atoms with E-state index in [1.54, 1.807) is 12.4 Å². The number of hydrogen-bond donors (Lipinski definition) is 1. The fraction of sp³-hybridized carbons (Fsp3) is 0.286. The first-order chi connectivity index (χ1) is 6.20. The van der Waals surface area contributed by atoms with Gasteiger partial charge >= 0.3 is 0 Å². The first kappa shape index (κ1) is 8.58. The molecular weight excluding hydrogens is 234 g/mol. The Morgan fingerprint density at radius 2 is 2.31 bits per heavy atom. The third-order valence-electron chi connectivity index (χ3n) is 1.72. The molecule has 2 rings (SSSR count). The second-order valence-electron chi connectivity index (χ2n) is 2.76. The minimum absolute atomic E-state index is 0.135. The summed E-state index contributed by atoms with van der Waals surface area (Å²) in [7, 11) is 0. The summed E-state index contributed by atoms with van der Waals surface area (Å²) in [4.78, 5) is 4.03. The van der Waals surface area contributed by atoms with E-state index < -0.39 is 0 Å². The molecule has 0 radical (unpaired) electrons. The standard InChI is InChI=1S/C7H8BrN5/c1-4(9)6-11-12-7-5(8)10-2-3-13(6)7/h2-4H,9H2,1H3/t4-/m0/s1. The normalized spacial score (nSPS) is 13.5. The van der Waals surface area contributed by atoms with Crippen molar-refractivity contribution in [2.75, 3.05) is 0 Å². The van der Waals surface area contributed by atoms with E-state index in [1.807, 2.05) is 11.3 Å². The van der Waals surface area contributed by atoms with Crippen molar-refractivity contribution in [1.29, 1.82) is 0 Å². The second-order valence-corrected chi connectivity index (χ2v) is 3.51. The van der Waals surface area contributed by atoms with E-state index in [1.165, 1.54) is 0 Å². The van der Waals surface area contributed by atoms with Crippen molar-refractivity contribution in [3.63, 3.8) is 0 Å². The molecule has 1 atom stereocenters. The number of hydrogen-bond acceptors (Lipinski definition) is 4. The molecule has 6 heteroatoms. The number of fused-ring (bicyclic) bond motifs is 1. The molecule has 0 aromatic carbocycles. The second kappa shape index (κ2) is 3.04. The van der Waals surface area contributed by atoms with Crippen molar-refractivity contribution in [2.45, 2.75) is 13.0 Å². The van der Waals surface area contributed by atoms with Gasteiger partial charge in [0.15, 0.2) is 16.1 Å². The van der Waals surface area contributed by atoms with Gasteiger partial charge in [0.1, 0.15) is 0 Å². The fourth-order valence-corrected chi connectivity index (χ4v) is 1.51. The Hall–Kier alpha value is -1.01. The van der Waals surface area contributed by atoms with Gasteiger partial charge in [-0.2, -0.15) is 0 Å². The SMILES string of the molecule is C[C@H](N)c1nnc2c(Br)nccn12. The van der Waals surface area contributed by atoms with Gasteiger partial charge in [-0.1, -0.05) is 0 Å². The van der Waals surface area contributed by atoms with Crippen LogP contribution in [0.1, 0.15) is 18.8 Å². The molecule has 0 bridgehead atoms. The summed E-state index contributed by atoms with van der Waals surface area (Å²) in [5.41, 5.74) is 6.40. The van der Waals surface area contributed by atoms with Crippen LogP contribution in [0.15, 0.2) is 17.0 Å². The maximum absolute atomic E-state index is 5.72. The van der Waals surface area contributed by atoms with Crippen molar-refractivity contribution in [1.82, 2.24) is 19.6 Å². The summed E-state index contributed by atoms with van der Waals surface area (Å²) < 4.78 is 2.50. The number of rotatable bonds is 1. The Morgan fingerprint density at radius 1 is 1.54 bits per heavy atom. The molecule has 0 amide bonds. The maximum Gasteiger partial charge on any atom is 0.194 e. The molecule has 2 N–H and O–H groups in total. The highest BCUT2D eigenvalue weighted by molar-refractivity contribution is 9.10. The molecule has 0 unspecified atom stereocenters. The van der Waals surface area contributed by atoms with Crippen molar-refractivity contribution in [2.24, 2.45) is 5.73 Å². The highest BCUT2D eigenvalue weighted by Crippen LogP contribution is 2.15. The van der Waals surface area contributed by atoms with E-state index in [-0.39, 0.29) is 6.04 Å². The van der Waals surface area contributed by atoms with Gasteiger partial charge in [-0.3, -0.25) is 4.40 Å². The molecule has 0 saturated carbocycles. The lowest BCUT2D eigenvalue weighted by Gasteiger charge is -2.01. The van der Waals surface area contributed by atoms with E-state index in [0.717, 1.165) is 5.82 Å². The zero-order valence-corrected chi connectivity index (χ0v) is 8.56. The quantitative estimate of drug-likeness (QED) is 0.806. The molecular formula is C7H8BrN5. The molecule has 2 heterocycles. The lowest BCUT2D eigenvalue weighted by Crippen LogP contribution is -2.09. The molecule has 0 spiro atoms. The fourth-order valence-electron chi connectivity index (χ4n) is 1.12. The Kier molecular flexibility index (Phi) is 2.01. The predicted molar refractivity (Wildman–Crippen MR) is 51.1 cm³/mol. The summed E-state index contributed by atoms with van der Waals surface area (Å²) in [5, 5.41) is 7.94. The largest absolute Gasteiger partial charge is 0.322 e. The highest BCUT2D eigenvalue weighted by atomic mass is 79.9. The smallest absolute Gasteiger partial charge is 0.194 e. The molecule has 2 aromatic rings. The van der Waals surface area contributed by atoms with Gasteiger partial charge in [0.05, 0.1) is 6.04 Å². The molecule has 5 nitrogen and oxygen atoms in total. The molecule has 0 aliphatic carbocycles. The lowest BCUT2D eigenvalue weighted by atomic mass is 10.3. The van der Waals surface area contributed by atoms with Gasteiger partial charge in [0.25, 0.3) is 0 Å². The van der Waals surface area contributed by atoms with E-state index in [4.69, 9.17) is 5.73 Å². The molecule has 0 aliphatic heterocycles. The minimum Gasteiger partial charge on any atom is -0.322 e. The van der Waals surface area contributed by atoms with Gasteiger partial charge in [-0.15, -0.1) is 10.2 Å². The van der Waals surface area contributed by atoms with Crippen molar-refractivity contribution >= 4 is 21.6 Å². The van der Waals surface area contributed by atoms with Crippen LogP contribution in [0.2, 0.25) is 0 Å². The van der Waals surface area contributed by atoms with Crippen LogP contribution < -0.4 is 5.73 Å². The average molecular weight is 242 g/mol. The Bertz CT molecular complexity index is 435. The molecule has 0 aliphatic rings. The monoisotopic (exact) mass is 241 g/mol. The topological polar surface area (TPSA) is 69.1 Å². The summed E-state index contributed by atoms with van der Waals surface area (Å²) in [6.45, 7) is 1.87. The van der Waals surface area contributed by atoms with Crippen molar-refractivity contribution < 1.29 is 0 Å².